The van der Waals surface area contributed by atoms with Crippen LogP contribution in [0.3, 0.4) is 0 Å². The van der Waals surface area contributed by atoms with Gasteiger partial charge in [0.25, 0.3) is 0 Å². The molecular formula is C51H30N4O2. The number of para-hydroxylation sites is 4. The Morgan fingerprint density at radius 2 is 0.895 bits per heavy atom. The van der Waals surface area contributed by atoms with Gasteiger partial charge in [-0.1, -0.05) is 109 Å². The van der Waals surface area contributed by atoms with Crippen molar-refractivity contribution in [2.45, 2.75) is 0 Å². The number of furan rings is 2. The lowest BCUT2D eigenvalue weighted by atomic mass is 9.95. The summed E-state index contributed by atoms with van der Waals surface area (Å²) in [4.78, 5) is 15.4. The van der Waals surface area contributed by atoms with Gasteiger partial charge >= 0.3 is 0 Å². The van der Waals surface area contributed by atoms with Crippen molar-refractivity contribution in [3.63, 3.8) is 0 Å². The summed E-state index contributed by atoms with van der Waals surface area (Å²) in [6.07, 6.45) is 0. The van der Waals surface area contributed by atoms with Gasteiger partial charge in [-0.3, -0.25) is 0 Å². The largest absolute Gasteiger partial charge is 0.456 e. The van der Waals surface area contributed by atoms with Crippen LogP contribution in [0.15, 0.2) is 191 Å². The molecule has 0 atom stereocenters. The lowest BCUT2D eigenvalue weighted by Crippen LogP contribution is -2.00. The van der Waals surface area contributed by atoms with Crippen LogP contribution in [0, 0.1) is 0 Å². The summed E-state index contributed by atoms with van der Waals surface area (Å²) in [6.45, 7) is 0. The first-order valence-electron chi connectivity index (χ1n) is 19.0. The Balaban J connectivity index is 1.10. The minimum absolute atomic E-state index is 0.557. The Morgan fingerprint density at radius 1 is 0.333 bits per heavy atom. The zero-order valence-corrected chi connectivity index (χ0v) is 30.4. The fraction of sp³-hybridized carbons (Fsp3) is 0. The molecule has 0 radical (unpaired) electrons. The predicted octanol–water partition coefficient (Wildman–Crippen LogP) is 13.4. The molecule has 57 heavy (non-hydrogen) atoms. The standard InChI is InChI=1S/C51H30N4O2/c1-3-13-31(14-4-1)49-52-50(33-24-26-46-41(28-33)37-18-8-11-21-44(37)56-46)54-51(53-49)34-29-39(48-38-19-9-12-22-45(38)57-47(48)30-34)32-23-25-43-40(27-32)36-17-7-10-20-42(36)55(43)35-15-5-2-6-16-35/h1-30H. The van der Waals surface area contributed by atoms with Crippen LogP contribution >= 0.6 is 0 Å². The topological polar surface area (TPSA) is 69.9 Å². The predicted molar refractivity (Wildman–Crippen MR) is 230 cm³/mol. The average molecular weight is 731 g/mol. The quantitative estimate of drug-likeness (QED) is 0.176. The smallest absolute Gasteiger partial charge is 0.164 e. The maximum absolute atomic E-state index is 6.62. The first-order valence-corrected chi connectivity index (χ1v) is 19.0. The first-order chi connectivity index (χ1) is 28.2. The van der Waals surface area contributed by atoms with E-state index in [1.54, 1.807) is 0 Å². The molecule has 4 aromatic heterocycles. The Morgan fingerprint density at radius 3 is 1.70 bits per heavy atom. The van der Waals surface area contributed by atoms with E-state index in [9.17, 15) is 0 Å². The van der Waals surface area contributed by atoms with E-state index in [1.165, 1.54) is 10.8 Å². The van der Waals surface area contributed by atoms with Crippen LogP contribution in [-0.2, 0) is 0 Å². The molecule has 266 valence electrons. The second-order valence-corrected chi connectivity index (χ2v) is 14.4. The number of nitrogens with zero attached hydrogens (tertiary/aromatic N) is 4. The highest BCUT2D eigenvalue weighted by Gasteiger charge is 2.21. The lowest BCUT2D eigenvalue weighted by molar-refractivity contribution is 0.668. The summed E-state index contributed by atoms with van der Waals surface area (Å²) >= 11 is 0. The summed E-state index contributed by atoms with van der Waals surface area (Å²) in [5.74, 6) is 1.72. The van der Waals surface area contributed by atoms with Gasteiger partial charge < -0.3 is 13.4 Å². The molecule has 0 N–H and O–H groups in total. The van der Waals surface area contributed by atoms with Gasteiger partial charge in [0.05, 0.1) is 11.0 Å². The Bertz CT molecular complexity index is 3530. The molecule has 4 heterocycles. The highest BCUT2D eigenvalue weighted by Crippen LogP contribution is 2.42. The molecule has 0 unspecified atom stereocenters. The van der Waals surface area contributed by atoms with Crippen LogP contribution in [0.2, 0.25) is 0 Å². The number of aromatic nitrogens is 4. The summed E-state index contributed by atoms with van der Waals surface area (Å²) in [5.41, 5.74) is 11.4. The number of rotatable bonds is 5. The van der Waals surface area contributed by atoms with Crippen molar-refractivity contribution in [2.75, 3.05) is 0 Å². The summed E-state index contributed by atoms with van der Waals surface area (Å²) in [5, 5.41) is 6.55. The monoisotopic (exact) mass is 730 g/mol. The maximum Gasteiger partial charge on any atom is 0.164 e. The van der Waals surface area contributed by atoms with E-state index < -0.39 is 0 Å². The first kappa shape index (κ1) is 31.5. The van der Waals surface area contributed by atoms with E-state index >= 15 is 0 Å². The summed E-state index contributed by atoms with van der Waals surface area (Å²) in [6, 6.07) is 62.8. The summed E-state index contributed by atoms with van der Waals surface area (Å²) < 4.78 is 15.1. The molecule has 0 aliphatic carbocycles. The molecule has 12 aromatic rings. The second kappa shape index (κ2) is 12.3. The molecule has 6 heteroatoms. The Labute approximate surface area is 325 Å². The van der Waals surface area contributed by atoms with Crippen molar-refractivity contribution in [3.8, 4) is 51.0 Å². The minimum atomic E-state index is 0.557. The lowest BCUT2D eigenvalue weighted by Gasteiger charge is -2.11. The van der Waals surface area contributed by atoms with Gasteiger partial charge in [-0.25, -0.2) is 15.0 Å². The molecule has 6 nitrogen and oxygen atoms in total. The molecule has 0 saturated heterocycles. The molecule has 0 spiro atoms. The van der Waals surface area contributed by atoms with Crippen molar-refractivity contribution in [2.24, 2.45) is 0 Å². The van der Waals surface area contributed by atoms with Crippen molar-refractivity contribution in [1.82, 2.24) is 19.5 Å². The second-order valence-electron chi connectivity index (χ2n) is 14.4. The zero-order chi connectivity index (χ0) is 37.5. The fourth-order valence-electron chi connectivity index (χ4n) is 8.42. The normalized spacial score (nSPS) is 11.9. The van der Waals surface area contributed by atoms with Crippen LogP contribution < -0.4 is 0 Å². The highest BCUT2D eigenvalue weighted by molar-refractivity contribution is 6.16. The van der Waals surface area contributed by atoms with Gasteiger partial charge in [0.15, 0.2) is 17.5 Å². The molecule has 0 aliphatic heterocycles. The number of benzene rings is 8. The van der Waals surface area contributed by atoms with E-state index in [-0.39, 0.29) is 0 Å². The minimum Gasteiger partial charge on any atom is -0.456 e. The third-order valence-corrected chi connectivity index (χ3v) is 11.0. The average Bonchev–Trinajstić information content (AvgIpc) is 3.95. The van der Waals surface area contributed by atoms with E-state index in [0.717, 1.165) is 88.4 Å². The third kappa shape index (κ3) is 5.01. The van der Waals surface area contributed by atoms with Crippen molar-refractivity contribution in [1.29, 1.82) is 0 Å². The van der Waals surface area contributed by atoms with E-state index in [4.69, 9.17) is 23.8 Å². The van der Waals surface area contributed by atoms with Gasteiger partial charge in [0, 0.05) is 54.7 Å². The SMILES string of the molecule is c1ccc(-c2nc(-c3cc(-c4ccc5c(c4)c4ccccc4n5-c4ccccc4)c4c(c3)oc3ccccc34)nc(-c3ccc4oc5ccccc5c4c3)n2)cc1. The van der Waals surface area contributed by atoms with Crippen LogP contribution in [0.25, 0.3) is 117 Å². The zero-order valence-electron chi connectivity index (χ0n) is 30.4. The van der Waals surface area contributed by atoms with Gasteiger partial charge in [-0.15, -0.1) is 0 Å². The molecule has 8 aromatic carbocycles. The highest BCUT2D eigenvalue weighted by atomic mass is 16.3. The Kier molecular flexibility index (Phi) is 6.83. The van der Waals surface area contributed by atoms with Crippen LogP contribution in [0.1, 0.15) is 0 Å². The summed E-state index contributed by atoms with van der Waals surface area (Å²) in [7, 11) is 0. The molecule has 0 bridgehead atoms. The Hall–Kier alpha value is -7.83. The van der Waals surface area contributed by atoms with E-state index in [0.29, 0.717) is 17.5 Å². The molecular weight excluding hydrogens is 701 g/mol. The third-order valence-electron chi connectivity index (χ3n) is 11.0. The van der Waals surface area contributed by atoms with E-state index in [1.807, 2.05) is 72.8 Å². The van der Waals surface area contributed by atoms with Crippen molar-refractivity contribution < 1.29 is 8.83 Å². The molecule has 0 saturated carbocycles. The van der Waals surface area contributed by atoms with Gasteiger partial charge in [-0.2, -0.15) is 0 Å². The van der Waals surface area contributed by atoms with Crippen molar-refractivity contribution in [3.05, 3.63) is 182 Å². The van der Waals surface area contributed by atoms with Crippen LogP contribution in [0.4, 0.5) is 0 Å². The maximum atomic E-state index is 6.62. The van der Waals surface area contributed by atoms with Gasteiger partial charge in [0.1, 0.15) is 22.3 Å². The van der Waals surface area contributed by atoms with Gasteiger partial charge in [0.2, 0.25) is 0 Å². The number of hydrogen-bond acceptors (Lipinski definition) is 5. The molecule has 12 rings (SSSR count). The number of hydrogen-bond donors (Lipinski definition) is 0. The van der Waals surface area contributed by atoms with Crippen LogP contribution in [0.5, 0.6) is 0 Å². The van der Waals surface area contributed by atoms with Crippen molar-refractivity contribution >= 4 is 65.7 Å². The molecule has 0 aliphatic rings. The van der Waals surface area contributed by atoms with E-state index in [2.05, 4.69) is 114 Å². The molecule has 0 fully saturated rings. The number of fused-ring (bicyclic) bond motifs is 9. The van der Waals surface area contributed by atoms with Crippen LogP contribution in [-0.4, -0.2) is 19.5 Å². The fourth-order valence-corrected chi connectivity index (χ4v) is 8.42. The van der Waals surface area contributed by atoms with Gasteiger partial charge in [-0.05, 0) is 83.9 Å². The molecule has 0 amide bonds.